The molecule has 0 heterocycles. The lowest BCUT2D eigenvalue weighted by Gasteiger charge is -2.35. The molecule has 118 valence electrons. The van der Waals surface area contributed by atoms with Crippen LogP contribution < -0.4 is 0 Å². The molecule has 0 amide bonds. The third-order valence-corrected chi connectivity index (χ3v) is 7.40. The molecule has 0 aromatic heterocycles. The number of sulfonamides is 1. The maximum Gasteiger partial charge on any atom is 0.246 e. The number of rotatable bonds is 3. The topological polar surface area (TPSA) is 37.4 Å². The van der Waals surface area contributed by atoms with Crippen LogP contribution in [0.1, 0.15) is 32.6 Å². The first kappa shape index (κ1) is 17.5. The quantitative estimate of drug-likeness (QED) is 0.701. The van der Waals surface area contributed by atoms with E-state index in [2.05, 4.69) is 22.9 Å². The zero-order chi connectivity index (χ0) is 15.8. The minimum atomic E-state index is -3.70. The third kappa shape index (κ3) is 3.58. The van der Waals surface area contributed by atoms with Gasteiger partial charge >= 0.3 is 0 Å². The van der Waals surface area contributed by atoms with Crippen molar-refractivity contribution in [2.45, 2.75) is 43.5 Å². The summed E-state index contributed by atoms with van der Waals surface area (Å²) in [6.45, 7) is 2.10. The Hall–Kier alpha value is 0.190. The molecule has 1 aromatic rings. The van der Waals surface area contributed by atoms with Crippen molar-refractivity contribution in [3.63, 3.8) is 0 Å². The van der Waals surface area contributed by atoms with E-state index in [1.807, 2.05) is 0 Å². The van der Waals surface area contributed by atoms with Gasteiger partial charge in [0.2, 0.25) is 10.0 Å². The smallest absolute Gasteiger partial charge is 0.207 e. The molecule has 7 heteroatoms. The molecular weight excluding hydrogens is 397 g/mol. The molecule has 1 aliphatic carbocycles. The number of hydrogen-bond acceptors (Lipinski definition) is 2. The Morgan fingerprint density at radius 3 is 2.24 bits per heavy atom. The third-order valence-electron chi connectivity index (χ3n) is 4.13. The van der Waals surface area contributed by atoms with Gasteiger partial charge in [-0.15, -0.1) is 0 Å². The molecule has 2 rings (SSSR count). The number of hydrogen-bond donors (Lipinski definition) is 0. The number of nitrogens with zero attached hydrogens (tertiary/aromatic N) is 1. The number of benzene rings is 1. The second kappa shape index (κ2) is 6.75. The van der Waals surface area contributed by atoms with Gasteiger partial charge in [-0.05, 0) is 30.9 Å². The average Bonchev–Trinajstić information content (AvgIpc) is 2.36. The number of halogens is 3. The summed E-state index contributed by atoms with van der Waals surface area (Å²) in [5.74, 6) is 0.339. The Morgan fingerprint density at radius 2 is 1.71 bits per heavy atom. The second-order valence-corrected chi connectivity index (χ2v) is 9.21. The summed E-state index contributed by atoms with van der Waals surface area (Å²) in [6.07, 6.45) is 4.14. The molecule has 0 radical (unpaired) electrons. The first-order chi connectivity index (χ1) is 9.75. The summed E-state index contributed by atoms with van der Waals surface area (Å²) >= 11 is 15.5. The van der Waals surface area contributed by atoms with Crippen LogP contribution in [0.2, 0.25) is 10.0 Å². The lowest BCUT2D eigenvalue weighted by molar-refractivity contribution is 0.213. The predicted molar refractivity (Wildman–Crippen MR) is 90.5 cm³/mol. The molecule has 0 saturated heterocycles. The van der Waals surface area contributed by atoms with Crippen LogP contribution in [0.15, 0.2) is 21.5 Å². The summed E-state index contributed by atoms with van der Waals surface area (Å²) < 4.78 is 27.8. The highest BCUT2D eigenvalue weighted by Crippen LogP contribution is 2.37. The second-order valence-electron chi connectivity index (χ2n) is 5.55. The summed E-state index contributed by atoms with van der Waals surface area (Å²) in [6, 6.07) is 3.11. The summed E-state index contributed by atoms with van der Waals surface area (Å²) in [7, 11) is -2.08. The van der Waals surface area contributed by atoms with Gasteiger partial charge in [-0.3, -0.25) is 0 Å². The molecule has 1 saturated carbocycles. The molecule has 0 N–H and O–H groups in total. The molecule has 1 fully saturated rings. The molecule has 2 unspecified atom stereocenters. The molecule has 0 spiro atoms. The van der Waals surface area contributed by atoms with E-state index in [0.717, 1.165) is 25.7 Å². The van der Waals surface area contributed by atoms with Crippen LogP contribution in [0.5, 0.6) is 0 Å². The van der Waals surface area contributed by atoms with E-state index in [0.29, 0.717) is 10.4 Å². The molecular formula is C14H18BrCl2NO2S. The van der Waals surface area contributed by atoms with E-state index in [4.69, 9.17) is 23.2 Å². The van der Waals surface area contributed by atoms with E-state index < -0.39 is 10.0 Å². The van der Waals surface area contributed by atoms with E-state index in [1.165, 1.54) is 4.31 Å². The standard InChI is InChI=1S/C14H18BrCl2NO2S/c1-9-5-3-4-6-13(9)18(2)21(19,20)14-11(16)7-10(15)8-12(14)17/h7-9,13H,3-6H2,1-2H3. The van der Waals surface area contributed by atoms with Crippen molar-refractivity contribution in [1.82, 2.24) is 4.31 Å². The Morgan fingerprint density at radius 1 is 1.19 bits per heavy atom. The van der Waals surface area contributed by atoms with Crippen molar-refractivity contribution in [2.75, 3.05) is 7.05 Å². The van der Waals surface area contributed by atoms with Crippen molar-refractivity contribution in [3.8, 4) is 0 Å². The van der Waals surface area contributed by atoms with Crippen LogP contribution in [0.4, 0.5) is 0 Å². The van der Waals surface area contributed by atoms with Crippen molar-refractivity contribution < 1.29 is 8.42 Å². The van der Waals surface area contributed by atoms with Gasteiger partial charge in [0.05, 0.1) is 10.0 Å². The monoisotopic (exact) mass is 413 g/mol. The van der Waals surface area contributed by atoms with Gasteiger partial charge in [-0.1, -0.05) is 58.9 Å². The maximum absolute atomic E-state index is 12.9. The van der Waals surface area contributed by atoms with Crippen LogP contribution in [-0.2, 0) is 10.0 Å². The van der Waals surface area contributed by atoms with E-state index in [9.17, 15) is 8.42 Å². The molecule has 3 nitrogen and oxygen atoms in total. The van der Waals surface area contributed by atoms with Gasteiger partial charge in [0.1, 0.15) is 4.90 Å². The van der Waals surface area contributed by atoms with Crippen molar-refractivity contribution in [3.05, 3.63) is 26.7 Å². The fourth-order valence-electron chi connectivity index (χ4n) is 2.93. The average molecular weight is 415 g/mol. The molecule has 2 atom stereocenters. The Balaban J connectivity index is 2.42. The van der Waals surface area contributed by atoms with Gasteiger partial charge in [0.15, 0.2) is 0 Å². The first-order valence-corrected chi connectivity index (χ1v) is 9.86. The van der Waals surface area contributed by atoms with Gasteiger partial charge in [0, 0.05) is 17.6 Å². The molecule has 21 heavy (non-hydrogen) atoms. The van der Waals surface area contributed by atoms with Crippen LogP contribution in [0, 0.1) is 5.92 Å². The van der Waals surface area contributed by atoms with E-state index in [1.54, 1.807) is 19.2 Å². The van der Waals surface area contributed by atoms with Crippen LogP contribution in [-0.4, -0.2) is 25.8 Å². The Labute approximate surface area is 144 Å². The van der Waals surface area contributed by atoms with Gasteiger partial charge in [-0.25, -0.2) is 8.42 Å². The molecule has 0 bridgehead atoms. The zero-order valence-electron chi connectivity index (χ0n) is 11.9. The summed E-state index contributed by atoms with van der Waals surface area (Å²) in [5, 5.41) is 0.286. The van der Waals surface area contributed by atoms with Crippen molar-refractivity contribution in [1.29, 1.82) is 0 Å². The maximum atomic E-state index is 12.9. The predicted octanol–water partition coefficient (Wildman–Crippen LogP) is 4.96. The SMILES string of the molecule is CC1CCCCC1N(C)S(=O)(=O)c1c(Cl)cc(Br)cc1Cl. The lowest BCUT2D eigenvalue weighted by Crippen LogP contribution is -2.42. The fraction of sp³-hybridized carbons (Fsp3) is 0.571. The largest absolute Gasteiger partial charge is 0.246 e. The molecule has 1 aliphatic rings. The van der Waals surface area contributed by atoms with Crippen molar-refractivity contribution in [2.24, 2.45) is 5.92 Å². The highest BCUT2D eigenvalue weighted by atomic mass is 79.9. The highest BCUT2D eigenvalue weighted by Gasteiger charge is 2.35. The van der Waals surface area contributed by atoms with Crippen LogP contribution >= 0.6 is 39.1 Å². The van der Waals surface area contributed by atoms with Gasteiger partial charge < -0.3 is 0 Å². The van der Waals surface area contributed by atoms with E-state index in [-0.39, 0.29) is 21.0 Å². The molecule has 1 aromatic carbocycles. The Kier molecular flexibility index (Phi) is 5.64. The molecule has 0 aliphatic heterocycles. The zero-order valence-corrected chi connectivity index (χ0v) is 15.9. The van der Waals surface area contributed by atoms with Gasteiger partial charge in [-0.2, -0.15) is 4.31 Å². The van der Waals surface area contributed by atoms with Crippen LogP contribution in [0.3, 0.4) is 0 Å². The fourth-order valence-corrected chi connectivity index (χ4v) is 6.30. The first-order valence-electron chi connectivity index (χ1n) is 6.87. The minimum absolute atomic E-state index is 0.000435. The summed E-state index contributed by atoms with van der Waals surface area (Å²) in [5.41, 5.74) is 0. The summed E-state index contributed by atoms with van der Waals surface area (Å²) in [4.78, 5) is -0.00527. The van der Waals surface area contributed by atoms with Crippen LogP contribution in [0.25, 0.3) is 0 Å². The van der Waals surface area contributed by atoms with E-state index >= 15 is 0 Å². The normalized spacial score (nSPS) is 23.5. The van der Waals surface area contributed by atoms with Crippen molar-refractivity contribution >= 4 is 49.2 Å². The Bertz CT molecular complexity index is 613. The highest BCUT2D eigenvalue weighted by molar-refractivity contribution is 9.10. The minimum Gasteiger partial charge on any atom is -0.207 e. The van der Waals surface area contributed by atoms with Gasteiger partial charge in [0.25, 0.3) is 0 Å². The lowest BCUT2D eigenvalue weighted by atomic mass is 9.86.